The number of hydrogen-bond acceptors (Lipinski definition) is 3. The van der Waals surface area contributed by atoms with Crippen molar-refractivity contribution in [3.05, 3.63) is 53.3 Å². The number of halogens is 1. The molecule has 94 valence electrons. The largest absolute Gasteiger partial charge is 0.496 e. The van der Waals surface area contributed by atoms with Gasteiger partial charge in [-0.1, -0.05) is 12.1 Å². The van der Waals surface area contributed by atoms with Crippen LogP contribution in [0.2, 0.25) is 0 Å². The minimum Gasteiger partial charge on any atom is -0.496 e. The fourth-order valence-electron chi connectivity index (χ4n) is 1.81. The van der Waals surface area contributed by atoms with E-state index in [9.17, 15) is 9.18 Å². The van der Waals surface area contributed by atoms with Crippen molar-refractivity contribution in [1.82, 2.24) is 0 Å². The van der Waals surface area contributed by atoms with Gasteiger partial charge in [0, 0.05) is 5.56 Å². The number of carbonyl (C=O) groups is 1. The summed E-state index contributed by atoms with van der Waals surface area (Å²) in [5.41, 5.74) is 1.50. The third kappa shape index (κ3) is 2.45. The summed E-state index contributed by atoms with van der Waals surface area (Å²) in [5, 5.41) is 8.69. The molecule has 2 aromatic carbocycles. The van der Waals surface area contributed by atoms with Crippen molar-refractivity contribution in [3.8, 4) is 22.9 Å². The van der Waals surface area contributed by atoms with Gasteiger partial charge < -0.3 is 4.74 Å². The highest BCUT2D eigenvalue weighted by Crippen LogP contribution is 2.28. The van der Waals surface area contributed by atoms with Crippen LogP contribution >= 0.6 is 0 Å². The second-order valence-electron chi connectivity index (χ2n) is 3.88. The lowest BCUT2D eigenvalue weighted by molar-refractivity contribution is 0.112. The summed E-state index contributed by atoms with van der Waals surface area (Å²) in [6.45, 7) is 0. The van der Waals surface area contributed by atoms with Crippen molar-refractivity contribution in [2.45, 2.75) is 0 Å². The smallest absolute Gasteiger partial charge is 0.153 e. The minimum absolute atomic E-state index is 0.255. The minimum atomic E-state index is -0.499. The lowest BCUT2D eigenvalue weighted by Gasteiger charge is -2.08. The van der Waals surface area contributed by atoms with Gasteiger partial charge in [0.1, 0.15) is 11.6 Å². The van der Waals surface area contributed by atoms with E-state index in [4.69, 9.17) is 10.00 Å². The van der Waals surface area contributed by atoms with Crippen LogP contribution in [0.5, 0.6) is 5.75 Å². The van der Waals surface area contributed by atoms with Crippen molar-refractivity contribution >= 4 is 6.29 Å². The number of nitriles is 1. The standard InChI is InChI=1S/C15H10FNO2/c1-19-15-5-3-11(7-12(15)9-18)13-4-2-10(8-17)6-14(13)16/h2-7,9H,1H3. The van der Waals surface area contributed by atoms with Gasteiger partial charge >= 0.3 is 0 Å². The van der Waals surface area contributed by atoms with Gasteiger partial charge in [0.15, 0.2) is 6.29 Å². The Hall–Kier alpha value is -2.67. The van der Waals surface area contributed by atoms with E-state index in [1.165, 1.54) is 25.3 Å². The molecule has 0 fully saturated rings. The summed E-state index contributed by atoms with van der Waals surface area (Å²) < 4.78 is 18.9. The zero-order valence-corrected chi connectivity index (χ0v) is 10.2. The summed E-state index contributed by atoms with van der Waals surface area (Å²) in [4.78, 5) is 10.9. The molecule has 19 heavy (non-hydrogen) atoms. The van der Waals surface area contributed by atoms with Crippen molar-refractivity contribution in [2.75, 3.05) is 7.11 Å². The van der Waals surface area contributed by atoms with Gasteiger partial charge in [0.25, 0.3) is 0 Å². The molecule has 0 heterocycles. The normalized spacial score (nSPS) is 9.74. The molecular weight excluding hydrogens is 245 g/mol. The van der Waals surface area contributed by atoms with Crippen LogP contribution in [0.15, 0.2) is 36.4 Å². The highest BCUT2D eigenvalue weighted by molar-refractivity contribution is 5.83. The van der Waals surface area contributed by atoms with Crippen LogP contribution in [0.3, 0.4) is 0 Å². The Morgan fingerprint density at radius 2 is 2.05 bits per heavy atom. The number of aldehydes is 1. The molecule has 0 bridgehead atoms. The van der Waals surface area contributed by atoms with Crippen molar-refractivity contribution in [2.24, 2.45) is 0 Å². The van der Waals surface area contributed by atoms with E-state index < -0.39 is 5.82 Å². The number of methoxy groups -OCH3 is 1. The van der Waals surface area contributed by atoms with Gasteiger partial charge in [0.2, 0.25) is 0 Å². The lowest BCUT2D eigenvalue weighted by atomic mass is 10.0. The van der Waals surface area contributed by atoms with Gasteiger partial charge in [-0.15, -0.1) is 0 Å². The molecule has 0 spiro atoms. The summed E-state index contributed by atoms with van der Waals surface area (Å²) >= 11 is 0. The topological polar surface area (TPSA) is 50.1 Å². The second-order valence-corrected chi connectivity index (χ2v) is 3.88. The van der Waals surface area contributed by atoms with Gasteiger partial charge in [-0.3, -0.25) is 4.79 Å². The maximum atomic E-state index is 13.9. The molecule has 0 aromatic heterocycles. The Labute approximate surface area is 109 Å². The van der Waals surface area contributed by atoms with Gasteiger partial charge in [-0.2, -0.15) is 5.26 Å². The monoisotopic (exact) mass is 255 g/mol. The molecule has 3 nitrogen and oxygen atoms in total. The maximum absolute atomic E-state index is 13.9. The second kappa shape index (κ2) is 5.32. The van der Waals surface area contributed by atoms with Gasteiger partial charge in [-0.05, 0) is 29.8 Å². The third-order valence-electron chi connectivity index (χ3n) is 2.77. The first-order chi connectivity index (χ1) is 9.19. The highest BCUT2D eigenvalue weighted by atomic mass is 19.1. The van der Waals surface area contributed by atoms with E-state index in [0.29, 0.717) is 28.7 Å². The number of benzene rings is 2. The first-order valence-electron chi connectivity index (χ1n) is 5.53. The van der Waals surface area contributed by atoms with E-state index >= 15 is 0 Å². The number of carbonyl (C=O) groups excluding carboxylic acids is 1. The van der Waals surface area contributed by atoms with Crippen LogP contribution in [0, 0.1) is 17.1 Å². The Kier molecular flexibility index (Phi) is 3.58. The van der Waals surface area contributed by atoms with Crippen molar-refractivity contribution < 1.29 is 13.9 Å². The zero-order valence-electron chi connectivity index (χ0n) is 10.2. The van der Waals surface area contributed by atoms with Crippen molar-refractivity contribution in [1.29, 1.82) is 5.26 Å². The van der Waals surface area contributed by atoms with Crippen LogP contribution in [-0.2, 0) is 0 Å². The summed E-state index contributed by atoms with van der Waals surface area (Å²) in [6.07, 6.45) is 0.657. The molecule has 0 unspecified atom stereocenters. The molecule has 2 aromatic rings. The predicted octanol–water partition coefficient (Wildman–Crippen LogP) is 3.19. The van der Waals surface area contributed by atoms with E-state index in [1.807, 2.05) is 6.07 Å². The lowest BCUT2D eigenvalue weighted by Crippen LogP contribution is -1.92. The first-order valence-corrected chi connectivity index (χ1v) is 5.53. The van der Waals surface area contributed by atoms with E-state index in [0.717, 1.165) is 0 Å². The molecule has 0 saturated carbocycles. The molecule has 0 atom stereocenters. The molecule has 0 aliphatic carbocycles. The molecule has 0 aliphatic heterocycles. The predicted molar refractivity (Wildman–Crippen MR) is 68.5 cm³/mol. The average molecular weight is 255 g/mol. The number of rotatable bonds is 3. The van der Waals surface area contributed by atoms with Crippen LogP contribution in [0.1, 0.15) is 15.9 Å². The molecule has 2 rings (SSSR count). The molecule has 4 heteroatoms. The number of hydrogen-bond donors (Lipinski definition) is 0. The van der Waals surface area contributed by atoms with Crippen LogP contribution < -0.4 is 4.74 Å². The van der Waals surface area contributed by atoms with E-state index in [2.05, 4.69) is 0 Å². The fourth-order valence-corrected chi connectivity index (χ4v) is 1.81. The van der Waals surface area contributed by atoms with Crippen LogP contribution in [0.4, 0.5) is 4.39 Å². The quantitative estimate of drug-likeness (QED) is 0.791. The maximum Gasteiger partial charge on any atom is 0.153 e. The average Bonchev–Trinajstić information content (AvgIpc) is 2.46. The van der Waals surface area contributed by atoms with Gasteiger partial charge in [-0.25, -0.2) is 4.39 Å². The van der Waals surface area contributed by atoms with Gasteiger partial charge in [0.05, 0.1) is 24.3 Å². The highest BCUT2D eigenvalue weighted by Gasteiger charge is 2.09. The molecule has 0 amide bonds. The first kappa shape index (κ1) is 12.8. The summed E-state index contributed by atoms with van der Waals surface area (Å²) in [5.74, 6) is -0.0612. The fraction of sp³-hybridized carbons (Fsp3) is 0.0667. The summed E-state index contributed by atoms with van der Waals surface area (Å²) in [6, 6.07) is 10.9. The molecule has 0 aliphatic rings. The van der Waals surface area contributed by atoms with Crippen molar-refractivity contribution in [3.63, 3.8) is 0 Å². The zero-order chi connectivity index (χ0) is 13.8. The van der Waals surface area contributed by atoms with Crippen LogP contribution in [-0.4, -0.2) is 13.4 Å². The van der Waals surface area contributed by atoms with E-state index in [-0.39, 0.29) is 5.56 Å². The third-order valence-corrected chi connectivity index (χ3v) is 2.77. The summed E-state index contributed by atoms with van der Waals surface area (Å²) in [7, 11) is 1.46. The molecule has 0 saturated heterocycles. The number of nitrogens with zero attached hydrogens (tertiary/aromatic N) is 1. The number of ether oxygens (including phenoxy) is 1. The Morgan fingerprint density at radius 3 is 2.63 bits per heavy atom. The Balaban J connectivity index is 2.54. The molecule has 0 N–H and O–H groups in total. The SMILES string of the molecule is COc1ccc(-c2ccc(C#N)cc2F)cc1C=O. The Morgan fingerprint density at radius 1 is 1.26 bits per heavy atom. The molecule has 0 radical (unpaired) electrons. The van der Waals surface area contributed by atoms with Crippen LogP contribution in [0.25, 0.3) is 11.1 Å². The molecular formula is C15H10FNO2. The van der Waals surface area contributed by atoms with E-state index in [1.54, 1.807) is 18.2 Å². The Bertz CT molecular complexity index is 674.